The van der Waals surface area contributed by atoms with Gasteiger partial charge in [-0.2, -0.15) is 0 Å². The van der Waals surface area contributed by atoms with Crippen LogP contribution in [-0.4, -0.2) is 24.5 Å². The van der Waals surface area contributed by atoms with E-state index in [2.05, 4.69) is 10.6 Å². The summed E-state index contributed by atoms with van der Waals surface area (Å²) in [5.41, 5.74) is 8.27. The molecule has 0 bridgehead atoms. The number of hydrogen-bond acceptors (Lipinski definition) is 4. The van der Waals surface area contributed by atoms with Gasteiger partial charge in [0.15, 0.2) is 0 Å². The number of hydrogen-bond donors (Lipinski definition) is 3. The smallest absolute Gasteiger partial charge is 0.253 e. The molecular weight excluding hydrogens is 354 g/mol. The third kappa shape index (κ3) is 4.97. The third-order valence-electron chi connectivity index (χ3n) is 4.08. The van der Waals surface area contributed by atoms with E-state index in [0.29, 0.717) is 30.1 Å². The van der Waals surface area contributed by atoms with Gasteiger partial charge in [-0.1, -0.05) is 24.3 Å². The number of carbonyl (C=O) groups is 2. The van der Waals surface area contributed by atoms with Crippen LogP contribution in [0.1, 0.15) is 28.8 Å². The minimum Gasteiger partial charge on any atom is -0.398 e. The lowest BCUT2D eigenvalue weighted by Crippen LogP contribution is -2.27. The molecule has 1 saturated heterocycles. The van der Waals surface area contributed by atoms with Crippen molar-refractivity contribution in [3.05, 3.63) is 59.7 Å². The molecule has 6 nitrogen and oxygen atoms in total. The first-order chi connectivity index (χ1) is 12.1. The normalized spacial score (nSPS) is 15.8. The minimum absolute atomic E-state index is 0. The molecule has 1 fully saturated rings. The van der Waals surface area contributed by atoms with Gasteiger partial charge in [-0.25, -0.2) is 0 Å². The summed E-state index contributed by atoms with van der Waals surface area (Å²) in [5, 5.41) is 5.69. The molecule has 2 amide bonds. The van der Waals surface area contributed by atoms with Gasteiger partial charge in [0.05, 0.1) is 5.56 Å². The Hall–Kier alpha value is -2.57. The van der Waals surface area contributed by atoms with Crippen molar-refractivity contribution < 1.29 is 14.3 Å². The van der Waals surface area contributed by atoms with Crippen molar-refractivity contribution in [2.45, 2.75) is 25.5 Å². The number of carbonyl (C=O) groups excluding carboxylic acids is 2. The summed E-state index contributed by atoms with van der Waals surface area (Å²) in [6.07, 6.45) is 1.29. The van der Waals surface area contributed by atoms with E-state index in [4.69, 9.17) is 10.5 Å². The lowest BCUT2D eigenvalue weighted by atomic mass is 10.1. The topological polar surface area (TPSA) is 93.5 Å². The highest BCUT2D eigenvalue weighted by Gasteiger charge is 2.23. The molecule has 4 N–H and O–H groups in total. The molecule has 3 rings (SSSR count). The minimum atomic E-state index is -0.371. The second-order valence-electron chi connectivity index (χ2n) is 5.96. The number of rotatable bonds is 5. The molecule has 1 unspecified atom stereocenters. The van der Waals surface area contributed by atoms with Gasteiger partial charge in [0.25, 0.3) is 11.8 Å². The molecule has 2 aromatic carbocycles. The zero-order valence-corrected chi connectivity index (χ0v) is 15.1. The van der Waals surface area contributed by atoms with Crippen LogP contribution in [0.4, 0.5) is 11.4 Å². The van der Waals surface area contributed by atoms with Crippen molar-refractivity contribution in [2.24, 2.45) is 0 Å². The van der Waals surface area contributed by atoms with Crippen molar-refractivity contribution in [3.63, 3.8) is 0 Å². The van der Waals surface area contributed by atoms with E-state index in [0.717, 1.165) is 18.4 Å². The largest absolute Gasteiger partial charge is 0.398 e. The Bertz CT molecular complexity index is 776. The van der Waals surface area contributed by atoms with Gasteiger partial charge in [-0.05, 0) is 42.7 Å². The summed E-state index contributed by atoms with van der Waals surface area (Å²) in [7, 11) is 0. The standard InChI is InChI=1S/C19H21N3O3.ClH/c20-16-8-2-1-7-15(16)18(23)21-12-13-5-3-6-14(11-13)22-19(24)17-9-4-10-25-17;/h1-3,5-8,11,17H,4,9-10,12,20H2,(H,21,23)(H,22,24);1H. The van der Waals surface area contributed by atoms with E-state index in [9.17, 15) is 9.59 Å². The van der Waals surface area contributed by atoms with E-state index >= 15 is 0 Å². The first-order valence-corrected chi connectivity index (χ1v) is 8.27. The molecule has 1 aliphatic heterocycles. The lowest BCUT2D eigenvalue weighted by molar-refractivity contribution is -0.124. The number of amides is 2. The second kappa shape index (κ2) is 9.22. The van der Waals surface area contributed by atoms with Gasteiger partial charge in [0, 0.05) is 24.5 Å². The molecule has 2 aromatic rings. The number of para-hydroxylation sites is 1. The molecular formula is C19H22ClN3O3. The molecule has 1 atom stereocenters. The average Bonchev–Trinajstić information content (AvgIpc) is 3.15. The Labute approximate surface area is 158 Å². The van der Waals surface area contributed by atoms with Crippen LogP contribution in [-0.2, 0) is 16.1 Å². The third-order valence-corrected chi connectivity index (χ3v) is 4.08. The molecule has 7 heteroatoms. The van der Waals surface area contributed by atoms with Gasteiger partial charge >= 0.3 is 0 Å². The van der Waals surface area contributed by atoms with Crippen molar-refractivity contribution in [3.8, 4) is 0 Å². The molecule has 1 aliphatic rings. The number of benzene rings is 2. The average molecular weight is 376 g/mol. The summed E-state index contributed by atoms with van der Waals surface area (Å²) in [6, 6.07) is 14.3. The van der Waals surface area contributed by atoms with Crippen LogP contribution in [0.15, 0.2) is 48.5 Å². The van der Waals surface area contributed by atoms with Crippen LogP contribution in [0, 0.1) is 0 Å². The van der Waals surface area contributed by atoms with Crippen LogP contribution in [0.3, 0.4) is 0 Å². The number of anilines is 2. The van der Waals surface area contributed by atoms with Crippen molar-refractivity contribution in [1.29, 1.82) is 0 Å². The summed E-state index contributed by atoms with van der Waals surface area (Å²) < 4.78 is 5.38. The zero-order chi connectivity index (χ0) is 17.6. The lowest BCUT2D eigenvalue weighted by Gasteiger charge is -2.12. The van der Waals surface area contributed by atoms with Crippen LogP contribution in [0.5, 0.6) is 0 Å². The summed E-state index contributed by atoms with van der Waals surface area (Å²) in [6.45, 7) is 0.976. The number of ether oxygens (including phenoxy) is 1. The molecule has 0 spiro atoms. The van der Waals surface area contributed by atoms with Gasteiger partial charge in [-0.3, -0.25) is 9.59 Å². The first-order valence-electron chi connectivity index (χ1n) is 8.27. The van der Waals surface area contributed by atoms with Crippen molar-refractivity contribution >= 4 is 35.6 Å². The van der Waals surface area contributed by atoms with Gasteiger partial charge in [0.1, 0.15) is 6.10 Å². The second-order valence-corrected chi connectivity index (χ2v) is 5.96. The Morgan fingerprint density at radius 1 is 1.15 bits per heavy atom. The molecule has 0 saturated carbocycles. The number of halogens is 1. The van der Waals surface area contributed by atoms with Gasteiger partial charge < -0.3 is 21.1 Å². The highest BCUT2D eigenvalue weighted by atomic mass is 35.5. The van der Waals surface area contributed by atoms with Gasteiger partial charge in [-0.15, -0.1) is 12.4 Å². The van der Waals surface area contributed by atoms with Crippen molar-refractivity contribution in [1.82, 2.24) is 5.32 Å². The van der Waals surface area contributed by atoms with E-state index in [1.54, 1.807) is 24.3 Å². The summed E-state index contributed by atoms with van der Waals surface area (Å²) in [4.78, 5) is 24.3. The predicted octanol–water partition coefficient (Wildman–Crippen LogP) is 2.74. The van der Waals surface area contributed by atoms with Crippen LogP contribution < -0.4 is 16.4 Å². The number of nitrogens with one attached hydrogen (secondary N) is 2. The van der Waals surface area contributed by atoms with E-state index in [-0.39, 0.29) is 30.3 Å². The van der Waals surface area contributed by atoms with Crippen molar-refractivity contribution in [2.75, 3.05) is 17.7 Å². The molecule has 26 heavy (non-hydrogen) atoms. The summed E-state index contributed by atoms with van der Waals surface area (Å²) in [5.74, 6) is -0.359. The first kappa shape index (κ1) is 19.8. The van der Waals surface area contributed by atoms with Crippen LogP contribution >= 0.6 is 12.4 Å². The van der Waals surface area contributed by atoms with Crippen LogP contribution in [0.2, 0.25) is 0 Å². The predicted molar refractivity (Wildman–Crippen MR) is 103 cm³/mol. The fraction of sp³-hybridized carbons (Fsp3) is 0.263. The molecule has 0 radical (unpaired) electrons. The molecule has 0 aliphatic carbocycles. The maximum absolute atomic E-state index is 12.2. The SMILES string of the molecule is Cl.Nc1ccccc1C(=O)NCc1cccc(NC(=O)C2CCCO2)c1. The van der Waals surface area contributed by atoms with Gasteiger partial charge in [0.2, 0.25) is 0 Å². The maximum Gasteiger partial charge on any atom is 0.253 e. The highest BCUT2D eigenvalue weighted by molar-refractivity contribution is 5.99. The number of nitrogen functional groups attached to an aromatic ring is 1. The van der Waals surface area contributed by atoms with E-state index in [1.807, 2.05) is 24.3 Å². The molecule has 1 heterocycles. The Balaban J connectivity index is 0.00000243. The fourth-order valence-corrected chi connectivity index (χ4v) is 2.75. The Morgan fingerprint density at radius 2 is 1.96 bits per heavy atom. The molecule has 0 aromatic heterocycles. The molecule has 138 valence electrons. The zero-order valence-electron chi connectivity index (χ0n) is 14.2. The number of nitrogens with two attached hydrogens (primary N) is 1. The fourth-order valence-electron chi connectivity index (χ4n) is 2.75. The van der Waals surface area contributed by atoms with E-state index in [1.165, 1.54) is 0 Å². The van der Waals surface area contributed by atoms with E-state index < -0.39 is 0 Å². The monoisotopic (exact) mass is 375 g/mol. The summed E-state index contributed by atoms with van der Waals surface area (Å²) >= 11 is 0. The maximum atomic E-state index is 12.2. The quantitative estimate of drug-likeness (QED) is 0.700. The Kier molecular flexibility index (Phi) is 7.00. The highest BCUT2D eigenvalue weighted by Crippen LogP contribution is 2.16. The van der Waals surface area contributed by atoms with Crippen LogP contribution in [0.25, 0.3) is 0 Å². The Morgan fingerprint density at radius 3 is 2.69 bits per heavy atom.